The summed E-state index contributed by atoms with van der Waals surface area (Å²) in [5.41, 5.74) is 4.50. The lowest BCUT2D eigenvalue weighted by Gasteiger charge is -2.12. The van der Waals surface area contributed by atoms with Crippen LogP contribution < -0.4 is 11.0 Å². The van der Waals surface area contributed by atoms with Crippen LogP contribution >= 0.6 is 0 Å². The summed E-state index contributed by atoms with van der Waals surface area (Å²) in [6, 6.07) is 30.7. The van der Waals surface area contributed by atoms with Gasteiger partial charge in [-0.1, -0.05) is 91.0 Å². The van der Waals surface area contributed by atoms with E-state index in [2.05, 4.69) is 58.8 Å². The quantitative estimate of drug-likeness (QED) is 0.466. The van der Waals surface area contributed by atoms with Gasteiger partial charge in [0.05, 0.1) is 12.2 Å². The van der Waals surface area contributed by atoms with Crippen LogP contribution in [0, 0.1) is 0 Å². The second-order valence-corrected chi connectivity index (χ2v) is 7.15. The summed E-state index contributed by atoms with van der Waals surface area (Å²) < 4.78 is 1.85. The van der Waals surface area contributed by atoms with Gasteiger partial charge in [-0.05, 0) is 29.5 Å². The molecule has 4 aromatic rings. The SMILES string of the molecule is O=c1[nH]c(NCc2ccccc2)c(CCc2ccccc2)n1Cc1ccccc1. The Morgan fingerprint density at radius 1 is 0.690 bits per heavy atom. The highest BCUT2D eigenvalue weighted by Crippen LogP contribution is 2.17. The molecule has 3 aromatic carbocycles. The predicted octanol–water partition coefficient (Wildman–Crippen LogP) is 4.62. The fourth-order valence-electron chi connectivity index (χ4n) is 3.54. The van der Waals surface area contributed by atoms with E-state index in [9.17, 15) is 4.79 Å². The summed E-state index contributed by atoms with van der Waals surface area (Å²) in [4.78, 5) is 15.8. The number of nitrogens with zero attached hydrogens (tertiary/aromatic N) is 1. The predicted molar refractivity (Wildman–Crippen MR) is 118 cm³/mol. The number of rotatable bonds is 8. The van der Waals surface area contributed by atoms with Crippen molar-refractivity contribution in [3.05, 3.63) is 124 Å². The van der Waals surface area contributed by atoms with Gasteiger partial charge in [-0.25, -0.2) is 4.79 Å². The van der Waals surface area contributed by atoms with Crippen LogP contribution in [-0.2, 0) is 25.9 Å². The molecule has 0 amide bonds. The number of imidazole rings is 1. The van der Waals surface area contributed by atoms with Gasteiger partial charge in [-0.15, -0.1) is 0 Å². The lowest BCUT2D eigenvalue weighted by molar-refractivity contribution is 0.705. The Kier molecular flexibility index (Phi) is 5.91. The zero-order valence-electron chi connectivity index (χ0n) is 16.3. The van der Waals surface area contributed by atoms with Crippen molar-refractivity contribution in [3.8, 4) is 0 Å². The maximum atomic E-state index is 12.8. The molecule has 0 aliphatic rings. The minimum atomic E-state index is -0.0764. The van der Waals surface area contributed by atoms with Crippen LogP contribution in [0.4, 0.5) is 5.82 Å². The van der Waals surface area contributed by atoms with Crippen LogP contribution in [0.5, 0.6) is 0 Å². The van der Waals surface area contributed by atoms with Gasteiger partial charge >= 0.3 is 5.69 Å². The topological polar surface area (TPSA) is 49.8 Å². The fourth-order valence-corrected chi connectivity index (χ4v) is 3.54. The standard InChI is InChI=1S/C25H25N3O/c29-25-27-24(26-18-21-12-6-2-7-13-21)23(17-16-20-10-4-1-5-11-20)28(25)19-22-14-8-3-9-15-22/h1-15,26H,16-19H2,(H,27,29). The minimum Gasteiger partial charge on any atom is -0.366 e. The zero-order chi connectivity index (χ0) is 19.9. The first-order chi connectivity index (χ1) is 14.3. The van der Waals surface area contributed by atoms with Gasteiger partial charge in [0.25, 0.3) is 0 Å². The van der Waals surface area contributed by atoms with Crippen LogP contribution in [0.1, 0.15) is 22.4 Å². The highest BCUT2D eigenvalue weighted by Gasteiger charge is 2.14. The Hall–Kier alpha value is -3.53. The molecule has 4 heteroatoms. The molecule has 1 aromatic heterocycles. The first-order valence-corrected chi connectivity index (χ1v) is 9.97. The van der Waals surface area contributed by atoms with Gasteiger partial charge in [0.1, 0.15) is 5.82 Å². The van der Waals surface area contributed by atoms with Crippen molar-refractivity contribution < 1.29 is 0 Å². The largest absolute Gasteiger partial charge is 0.366 e. The van der Waals surface area contributed by atoms with Crippen molar-refractivity contribution in [1.29, 1.82) is 0 Å². The fraction of sp³-hybridized carbons (Fsp3) is 0.160. The molecule has 0 radical (unpaired) electrons. The number of aromatic nitrogens is 2. The molecule has 0 aliphatic carbocycles. The van der Waals surface area contributed by atoms with E-state index in [0.717, 1.165) is 29.9 Å². The van der Waals surface area contributed by atoms with E-state index < -0.39 is 0 Å². The molecule has 0 saturated heterocycles. The van der Waals surface area contributed by atoms with Crippen molar-refractivity contribution in [2.24, 2.45) is 0 Å². The number of hydrogen-bond donors (Lipinski definition) is 2. The molecule has 146 valence electrons. The van der Waals surface area contributed by atoms with Gasteiger partial charge in [0, 0.05) is 6.54 Å². The Labute approximate surface area is 170 Å². The first-order valence-electron chi connectivity index (χ1n) is 9.97. The molecule has 0 saturated carbocycles. The molecule has 0 aliphatic heterocycles. The van der Waals surface area contributed by atoms with E-state index >= 15 is 0 Å². The molecule has 0 fully saturated rings. The third-order valence-corrected chi connectivity index (χ3v) is 5.08. The van der Waals surface area contributed by atoms with Crippen molar-refractivity contribution in [2.45, 2.75) is 25.9 Å². The molecule has 29 heavy (non-hydrogen) atoms. The third kappa shape index (κ3) is 4.85. The number of anilines is 1. The average Bonchev–Trinajstić information content (AvgIpc) is 3.07. The van der Waals surface area contributed by atoms with Gasteiger partial charge in [-0.3, -0.25) is 9.55 Å². The van der Waals surface area contributed by atoms with Crippen LogP contribution in [0.15, 0.2) is 95.8 Å². The molecule has 0 atom stereocenters. The lowest BCUT2D eigenvalue weighted by atomic mass is 10.1. The molecule has 1 heterocycles. The molecule has 2 N–H and O–H groups in total. The Morgan fingerprint density at radius 2 is 1.24 bits per heavy atom. The second-order valence-electron chi connectivity index (χ2n) is 7.15. The Balaban J connectivity index is 1.60. The van der Waals surface area contributed by atoms with Gasteiger partial charge < -0.3 is 5.32 Å². The Bertz CT molecular complexity index is 1080. The van der Waals surface area contributed by atoms with Crippen molar-refractivity contribution in [1.82, 2.24) is 9.55 Å². The normalized spacial score (nSPS) is 10.8. The first kappa shape index (κ1) is 18.8. The summed E-state index contributed by atoms with van der Waals surface area (Å²) in [5.74, 6) is 0.811. The van der Waals surface area contributed by atoms with E-state index in [0.29, 0.717) is 13.1 Å². The van der Waals surface area contributed by atoms with Crippen molar-refractivity contribution in [2.75, 3.05) is 5.32 Å². The van der Waals surface area contributed by atoms with E-state index in [1.54, 1.807) is 0 Å². The van der Waals surface area contributed by atoms with Gasteiger partial charge in [0.2, 0.25) is 0 Å². The van der Waals surface area contributed by atoms with Crippen LogP contribution in [0.2, 0.25) is 0 Å². The van der Waals surface area contributed by atoms with E-state index in [1.165, 1.54) is 11.1 Å². The average molecular weight is 383 g/mol. The Morgan fingerprint density at radius 3 is 1.86 bits per heavy atom. The summed E-state index contributed by atoms with van der Waals surface area (Å²) in [5, 5.41) is 3.44. The molecule has 0 bridgehead atoms. The number of nitrogens with one attached hydrogen (secondary N) is 2. The van der Waals surface area contributed by atoms with Crippen LogP contribution in [-0.4, -0.2) is 9.55 Å². The summed E-state index contributed by atoms with van der Waals surface area (Å²) in [6.07, 6.45) is 1.67. The lowest BCUT2D eigenvalue weighted by Crippen LogP contribution is -2.20. The summed E-state index contributed by atoms with van der Waals surface area (Å²) in [6.45, 7) is 1.23. The second kappa shape index (κ2) is 9.11. The number of hydrogen-bond acceptors (Lipinski definition) is 2. The van der Waals surface area contributed by atoms with E-state index in [1.807, 2.05) is 47.0 Å². The van der Waals surface area contributed by atoms with Crippen molar-refractivity contribution >= 4 is 5.82 Å². The monoisotopic (exact) mass is 383 g/mol. The molecular formula is C25H25N3O. The molecule has 4 nitrogen and oxygen atoms in total. The summed E-state index contributed by atoms with van der Waals surface area (Å²) >= 11 is 0. The van der Waals surface area contributed by atoms with E-state index in [4.69, 9.17) is 0 Å². The highest BCUT2D eigenvalue weighted by atomic mass is 16.1. The molecular weight excluding hydrogens is 358 g/mol. The number of benzene rings is 3. The number of aromatic amines is 1. The third-order valence-electron chi connectivity index (χ3n) is 5.08. The molecule has 0 unspecified atom stereocenters. The highest BCUT2D eigenvalue weighted by molar-refractivity contribution is 5.43. The maximum Gasteiger partial charge on any atom is 0.327 e. The van der Waals surface area contributed by atoms with Crippen molar-refractivity contribution in [3.63, 3.8) is 0 Å². The van der Waals surface area contributed by atoms with Crippen LogP contribution in [0.25, 0.3) is 0 Å². The van der Waals surface area contributed by atoms with Gasteiger partial charge in [-0.2, -0.15) is 0 Å². The molecule has 0 spiro atoms. The summed E-state index contributed by atoms with van der Waals surface area (Å²) in [7, 11) is 0. The maximum absolute atomic E-state index is 12.8. The van der Waals surface area contributed by atoms with Gasteiger partial charge in [0.15, 0.2) is 0 Å². The number of aryl methyl sites for hydroxylation is 1. The zero-order valence-corrected chi connectivity index (χ0v) is 16.3. The molecule has 4 rings (SSSR count). The van der Waals surface area contributed by atoms with Crippen LogP contribution in [0.3, 0.4) is 0 Å². The minimum absolute atomic E-state index is 0.0764. The van der Waals surface area contributed by atoms with E-state index in [-0.39, 0.29) is 5.69 Å². The number of H-pyrrole nitrogens is 1. The smallest absolute Gasteiger partial charge is 0.327 e.